The van der Waals surface area contributed by atoms with Gasteiger partial charge >= 0.3 is 0 Å². The van der Waals surface area contributed by atoms with Crippen LogP contribution in [0.3, 0.4) is 0 Å². The fourth-order valence-electron chi connectivity index (χ4n) is 1.65. The van der Waals surface area contributed by atoms with Gasteiger partial charge in [0.15, 0.2) is 0 Å². The highest BCUT2D eigenvalue weighted by molar-refractivity contribution is 6.30. The summed E-state index contributed by atoms with van der Waals surface area (Å²) in [4.78, 5) is 8.19. The Morgan fingerprint density at radius 2 is 2.18 bits per heavy atom. The summed E-state index contributed by atoms with van der Waals surface area (Å²) in [6, 6.07) is 4.56. The molecule has 2 rings (SSSR count). The number of nitrogens with zero attached hydrogens (tertiary/aromatic N) is 2. The maximum absolute atomic E-state index is 13.1. The molecular formula is C12H11ClFN3. The SMILES string of the molecule is NCC(c1ccc(F)c(Cl)c1)c1cnccn1. The molecule has 5 heteroatoms. The first kappa shape index (κ1) is 12.0. The van der Waals surface area contributed by atoms with E-state index in [-0.39, 0.29) is 10.9 Å². The Bertz CT molecular complexity index is 504. The maximum atomic E-state index is 13.1. The van der Waals surface area contributed by atoms with Crippen molar-refractivity contribution in [1.82, 2.24) is 9.97 Å². The summed E-state index contributed by atoms with van der Waals surface area (Å²) in [6.45, 7) is 0.362. The van der Waals surface area contributed by atoms with Gasteiger partial charge in [-0.25, -0.2) is 4.39 Å². The van der Waals surface area contributed by atoms with Gasteiger partial charge in [-0.2, -0.15) is 0 Å². The molecule has 2 N–H and O–H groups in total. The fourth-order valence-corrected chi connectivity index (χ4v) is 1.84. The lowest BCUT2D eigenvalue weighted by Crippen LogP contribution is -2.15. The fraction of sp³-hybridized carbons (Fsp3) is 0.167. The van der Waals surface area contributed by atoms with Gasteiger partial charge in [-0.3, -0.25) is 9.97 Å². The molecule has 2 aromatic rings. The zero-order valence-electron chi connectivity index (χ0n) is 8.98. The van der Waals surface area contributed by atoms with E-state index in [4.69, 9.17) is 17.3 Å². The molecule has 0 aliphatic carbocycles. The third-order valence-electron chi connectivity index (χ3n) is 2.52. The second-order valence-corrected chi connectivity index (χ2v) is 4.00. The van der Waals surface area contributed by atoms with Crippen molar-refractivity contribution < 1.29 is 4.39 Å². The normalized spacial score (nSPS) is 12.4. The minimum absolute atomic E-state index is 0.0878. The van der Waals surface area contributed by atoms with Crippen LogP contribution < -0.4 is 5.73 Å². The van der Waals surface area contributed by atoms with Crippen LogP contribution in [0, 0.1) is 5.82 Å². The second-order valence-electron chi connectivity index (χ2n) is 3.59. The van der Waals surface area contributed by atoms with E-state index in [1.54, 1.807) is 30.7 Å². The van der Waals surface area contributed by atoms with Crippen molar-refractivity contribution >= 4 is 11.6 Å². The highest BCUT2D eigenvalue weighted by Crippen LogP contribution is 2.25. The largest absolute Gasteiger partial charge is 0.329 e. The molecule has 0 saturated heterocycles. The van der Waals surface area contributed by atoms with Crippen LogP contribution in [0.4, 0.5) is 4.39 Å². The van der Waals surface area contributed by atoms with Gasteiger partial charge in [-0.1, -0.05) is 17.7 Å². The van der Waals surface area contributed by atoms with E-state index in [0.717, 1.165) is 11.3 Å². The number of rotatable bonds is 3. The van der Waals surface area contributed by atoms with Crippen LogP contribution in [0.5, 0.6) is 0 Å². The van der Waals surface area contributed by atoms with E-state index >= 15 is 0 Å². The minimum Gasteiger partial charge on any atom is -0.329 e. The summed E-state index contributed by atoms with van der Waals surface area (Å²) in [5, 5.41) is 0.0878. The van der Waals surface area contributed by atoms with Gasteiger partial charge in [0.05, 0.1) is 10.7 Å². The lowest BCUT2D eigenvalue weighted by atomic mass is 9.96. The predicted octanol–water partition coefficient (Wildman–Crippen LogP) is 2.36. The Hall–Kier alpha value is -1.52. The zero-order chi connectivity index (χ0) is 12.3. The first-order valence-corrected chi connectivity index (χ1v) is 5.51. The van der Waals surface area contributed by atoms with Crippen LogP contribution in [-0.4, -0.2) is 16.5 Å². The molecule has 0 radical (unpaired) electrons. The summed E-state index contributed by atoms with van der Waals surface area (Å²) in [7, 11) is 0. The molecule has 0 aliphatic heterocycles. The molecule has 0 saturated carbocycles. The van der Waals surface area contributed by atoms with Gasteiger partial charge in [-0.15, -0.1) is 0 Å². The molecule has 1 aromatic heterocycles. The minimum atomic E-state index is -0.440. The first-order chi connectivity index (χ1) is 8.22. The lowest BCUT2D eigenvalue weighted by molar-refractivity contribution is 0.626. The Morgan fingerprint density at radius 1 is 1.35 bits per heavy atom. The molecule has 17 heavy (non-hydrogen) atoms. The molecular weight excluding hydrogens is 241 g/mol. The van der Waals surface area contributed by atoms with E-state index < -0.39 is 5.82 Å². The number of benzene rings is 1. The lowest BCUT2D eigenvalue weighted by Gasteiger charge is -2.14. The molecule has 1 heterocycles. The van der Waals surface area contributed by atoms with Crippen molar-refractivity contribution in [3.8, 4) is 0 Å². The number of nitrogens with two attached hydrogens (primary N) is 1. The average Bonchev–Trinajstić information content (AvgIpc) is 2.36. The number of hydrogen-bond donors (Lipinski definition) is 1. The average molecular weight is 252 g/mol. The third kappa shape index (κ3) is 2.60. The Kier molecular flexibility index (Phi) is 3.66. The van der Waals surface area contributed by atoms with Crippen molar-refractivity contribution in [3.05, 3.63) is 58.9 Å². The van der Waals surface area contributed by atoms with E-state index in [1.165, 1.54) is 6.07 Å². The highest BCUT2D eigenvalue weighted by Gasteiger charge is 2.15. The maximum Gasteiger partial charge on any atom is 0.141 e. The van der Waals surface area contributed by atoms with Gasteiger partial charge in [0.25, 0.3) is 0 Å². The van der Waals surface area contributed by atoms with E-state index in [0.29, 0.717) is 6.54 Å². The molecule has 0 fully saturated rings. The summed E-state index contributed by atoms with van der Waals surface area (Å²) < 4.78 is 13.1. The number of hydrogen-bond acceptors (Lipinski definition) is 3. The summed E-state index contributed by atoms with van der Waals surface area (Å²) in [5.74, 6) is -0.563. The quantitative estimate of drug-likeness (QED) is 0.911. The van der Waals surface area contributed by atoms with Crippen LogP contribution in [0.1, 0.15) is 17.2 Å². The zero-order valence-corrected chi connectivity index (χ0v) is 9.73. The van der Waals surface area contributed by atoms with Crippen molar-refractivity contribution in [2.75, 3.05) is 6.54 Å². The van der Waals surface area contributed by atoms with E-state index in [9.17, 15) is 4.39 Å². The van der Waals surface area contributed by atoms with Crippen LogP contribution in [0.2, 0.25) is 5.02 Å². The smallest absolute Gasteiger partial charge is 0.141 e. The molecule has 1 aromatic carbocycles. The van der Waals surface area contributed by atoms with Gasteiger partial charge < -0.3 is 5.73 Å². The van der Waals surface area contributed by atoms with Gasteiger partial charge in [0, 0.05) is 31.1 Å². The highest BCUT2D eigenvalue weighted by atomic mass is 35.5. The number of halogens is 2. The standard InChI is InChI=1S/C12H11ClFN3/c13-10-5-8(1-2-11(10)14)9(6-15)12-7-16-3-4-17-12/h1-5,7,9H,6,15H2. The molecule has 88 valence electrons. The van der Waals surface area contributed by atoms with Crippen molar-refractivity contribution in [1.29, 1.82) is 0 Å². The monoisotopic (exact) mass is 251 g/mol. The van der Waals surface area contributed by atoms with Crippen LogP contribution >= 0.6 is 11.6 Å². The van der Waals surface area contributed by atoms with Crippen molar-refractivity contribution in [2.45, 2.75) is 5.92 Å². The predicted molar refractivity (Wildman–Crippen MR) is 64.3 cm³/mol. The van der Waals surface area contributed by atoms with E-state index in [2.05, 4.69) is 9.97 Å². The number of aromatic nitrogens is 2. The van der Waals surface area contributed by atoms with Gasteiger partial charge in [0.1, 0.15) is 5.82 Å². The summed E-state index contributed by atoms with van der Waals surface area (Å²) in [6.07, 6.45) is 4.84. The van der Waals surface area contributed by atoms with Crippen LogP contribution in [0.15, 0.2) is 36.8 Å². The first-order valence-electron chi connectivity index (χ1n) is 5.13. The van der Waals surface area contributed by atoms with Crippen molar-refractivity contribution in [2.24, 2.45) is 5.73 Å². The molecule has 1 atom stereocenters. The summed E-state index contributed by atoms with van der Waals surface area (Å²) in [5.41, 5.74) is 7.30. The van der Waals surface area contributed by atoms with Gasteiger partial charge in [-0.05, 0) is 17.7 Å². The molecule has 0 bridgehead atoms. The van der Waals surface area contributed by atoms with Gasteiger partial charge in [0.2, 0.25) is 0 Å². The van der Waals surface area contributed by atoms with E-state index in [1.807, 2.05) is 0 Å². The second kappa shape index (κ2) is 5.21. The Balaban J connectivity index is 2.39. The third-order valence-corrected chi connectivity index (χ3v) is 2.81. The summed E-state index contributed by atoms with van der Waals surface area (Å²) >= 11 is 5.75. The molecule has 0 aliphatic rings. The Labute approximate surface area is 103 Å². The molecule has 3 nitrogen and oxygen atoms in total. The van der Waals surface area contributed by atoms with Crippen LogP contribution in [0.25, 0.3) is 0 Å². The molecule has 0 spiro atoms. The Morgan fingerprint density at radius 3 is 2.76 bits per heavy atom. The van der Waals surface area contributed by atoms with Crippen LogP contribution in [-0.2, 0) is 0 Å². The molecule has 0 amide bonds. The molecule has 1 unspecified atom stereocenters. The van der Waals surface area contributed by atoms with Crippen molar-refractivity contribution in [3.63, 3.8) is 0 Å². The topological polar surface area (TPSA) is 51.8 Å².